The highest BCUT2D eigenvalue weighted by Crippen LogP contribution is 2.29. The van der Waals surface area contributed by atoms with Crippen molar-refractivity contribution in [3.63, 3.8) is 0 Å². The molecule has 2 aromatic rings. The van der Waals surface area contributed by atoms with E-state index in [2.05, 4.69) is 20.2 Å². The zero-order valence-corrected chi connectivity index (χ0v) is 10.2. The van der Waals surface area contributed by atoms with Crippen molar-refractivity contribution >= 4 is 29.1 Å². The van der Waals surface area contributed by atoms with E-state index in [1.165, 1.54) is 18.0 Å². The molecule has 2 N–H and O–H groups in total. The van der Waals surface area contributed by atoms with Crippen LogP contribution in [-0.4, -0.2) is 24.7 Å². The van der Waals surface area contributed by atoms with Gasteiger partial charge in [0.25, 0.3) is 0 Å². The van der Waals surface area contributed by atoms with E-state index >= 15 is 0 Å². The minimum atomic E-state index is 0.163. The first-order valence-electron chi connectivity index (χ1n) is 4.40. The summed E-state index contributed by atoms with van der Waals surface area (Å²) >= 11 is 7.00. The fourth-order valence-corrected chi connectivity index (χ4v) is 2.01. The Morgan fingerprint density at radius 3 is 2.81 bits per heavy atom. The van der Waals surface area contributed by atoms with E-state index in [1.807, 2.05) is 18.5 Å². The zero-order valence-electron chi connectivity index (χ0n) is 8.68. The van der Waals surface area contributed by atoms with Crippen molar-refractivity contribution in [1.29, 1.82) is 0 Å². The summed E-state index contributed by atoms with van der Waals surface area (Å²) in [5.41, 5.74) is 6.20. The summed E-state index contributed by atoms with van der Waals surface area (Å²) in [7, 11) is 1.87. The molecule has 6 nitrogen and oxygen atoms in total. The van der Waals surface area contributed by atoms with E-state index < -0.39 is 0 Å². The second-order valence-corrected chi connectivity index (χ2v) is 4.38. The van der Waals surface area contributed by atoms with Gasteiger partial charge in [0.2, 0.25) is 5.28 Å². The molecule has 0 aliphatic heterocycles. The molecule has 8 heteroatoms. The Balaban J connectivity index is 2.33. The first-order chi connectivity index (χ1) is 7.58. The van der Waals surface area contributed by atoms with Crippen LogP contribution >= 0.6 is 23.4 Å². The number of hydrogen-bond acceptors (Lipinski definition) is 6. The van der Waals surface area contributed by atoms with Gasteiger partial charge in [-0.2, -0.15) is 0 Å². The topological polar surface area (TPSA) is 82.5 Å². The Kier molecular flexibility index (Phi) is 2.97. The Morgan fingerprint density at radius 1 is 1.44 bits per heavy atom. The summed E-state index contributed by atoms with van der Waals surface area (Å²) in [4.78, 5) is 7.81. The highest BCUT2D eigenvalue weighted by Gasteiger charge is 2.11. The summed E-state index contributed by atoms with van der Waals surface area (Å²) in [6.45, 7) is 1.87. The minimum absolute atomic E-state index is 0.163. The number of rotatable bonds is 2. The van der Waals surface area contributed by atoms with Crippen molar-refractivity contribution in [2.75, 3.05) is 5.73 Å². The van der Waals surface area contributed by atoms with Crippen LogP contribution in [0, 0.1) is 6.92 Å². The number of anilines is 1. The van der Waals surface area contributed by atoms with Crippen LogP contribution in [0.15, 0.2) is 16.4 Å². The van der Waals surface area contributed by atoms with E-state index in [9.17, 15) is 0 Å². The number of hydrogen-bond donors (Lipinski definition) is 1. The fraction of sp³-hybridized carbons (Fsp3) is 0.250. The standard InChI is InChI=1S/C8H9ClN6S/c1-4-13-14-8(15(4)2)16-6-5(10)3-11-7(9)12-6/h3H,10H2,1-2H3. The molecule has 16 heavy (non-hydrogen) atoms. The van der Waals surface area contributed by atoms with Crippen molar-refractivity contribution in [2.24, 2.45) is 7.05 Å². The zero-order chi connectivity index (χ0) is 11.7. The average molecular weight is 257 g/mol. The number of aryl methyl sites for hydroxylation is 1. The van der Waals surface area contributed by atoms with Gasteiger partial charge in [-0.1, -0.05) is 0 Å². The molecule has 0 atom stereocenters. The molecule has 0 bridgehead atoms. The molecule has 2 heterocycles. The molecule has 2 aromatic heterocycles. The van der Waals surface area contributed by atoms with Crippen LogP contribution in [0.1, 0.15) is 5.82 Å². The summed E-state index contributed by atoms with van der Waals surface area (Å²) < 4.78 is 1.85. The average Bonchev–Trinajstić information content (AvgIpc) is 2.55. The SMILES string of the molecule is Cc1nnc(Sc2nc(Cl)ncc2N)n1C. The van der Waals surface area contributed by atoms with Gasteiger partial charge in [-0.05, 0) is 30.3 Å². The number of halogens is 1. The molecule has 0 unspecified atom stereocenters. The molecule has 0 aromatic carbocycles. The fourth-order valence-electron chi connectivity index (χ4n) is 1.00. The van der Waals surface area contributed by atoms with Crippen LogP contribution in [0.4, 0.5) is 5.69 Å². The summed E-state index contributed by atoms with van der Waals surface area (Å²) in [5, 5.41) is 9.39. The first-order valence-corrected chi connectivity index (χ1v) is 5.59. The van der Waals surface area contributed by atoms with Crippen LogP contribution in [0.5, 0.6) is 0 Å². The Labute approximate surface area is 101 Å². The van der Waals surface area contributed by atoms with Crippen molar-refractivity contribution in [1.82, 2.24) is 24.7 Å². The highest BCUT2D eigenvalue weighted by molar-refractivity contribution is 7.99. The van der Waals surface area contributed by atoms with E-state index in [-0.39, 0.29) is 5.28 Å². The Morgan fingerprint density at radius 2 is 2.19 bits per heavy atom. The lowest BCUT2D eigenvalue weighted by Gasteiger charge is -2.03. The van der Waals surface area contributed by atoms with Gasteiger partial charge in [0.05, 0.1) is 11.9 Å². The van der Waals surface area contributed by atoms with Crippen molar-refractivity contribution in [2.45, 2.75) is 17.1 Å². The molecule has 0 aliphatic carbocycles. The molecule has 0 aliphatic rings. The molecule has 0 amide bonds. The minimum Gasteiger partial charge on any atom is -0.395 e. The third kappa shape index (κ3) is 2.10. The first kappa shape index (κ1) is 11.2. The normalized spacial score (nSPS) is 10.7. The molecular formula is C8H9ClN6S. The molecule has 0 saturated carbocycles. The van der Waals surface area contributed by atoms with Crippen LogP contribution in [0.2, 0.25) is 5.28 Å². The van der Waals surface area contributed by atoms with Gasteiger partial charge in [-0.15, -0.1) is 10.2 Å². The number of aromatic nitrogens is 5. The van der Waals surface area contributed by atoms with Gasteiger partial charge < -0.3 is 10.3 Å². The maximum Gasteiger partial charge on any atom is 0.223 e. The molecule has 0 saturated heterocycles. The lowest BCUT2D eigenvalue weighted by molar-refractivity contribution is 0.764. The monoisotopic (exact) mass is 256 g/mol. The maximum atomic E-state index is 5.73. The Hall–Kier alpha value is -1.34. The van der Waals surface area contributed by atoms with Crippen LogP contribution < -0.4 is 5.73 Å². The second-order valence-electron chi connectivity index (χ2n) is 3.09. The van der Waals surface area contributed by atoms with Gasteiger partial charge in [0, 0.05) is 7.05 Å². The van der Waals surface area contributed by atoms with Gasteiger partial charge in [0.1, 0.15) is 10.9 Å². The smallest absolute Gasteiger partial charge is 0.223 e. The number of nitrogen functional groups attached to an aromatic ring is 1. The summed E-state index contributed by atoms with van der Waals surface area (Å²) in [5.74, 6) is 0.821. The van der Waals surface area contributed by atoms with Crippen LogP contribution in [0.25, 0.3) is 0 Å². The quantitative estimate of drug-likeness (QED) is 0.644. The third-order valence-electron chi connectivity index (χ3n) is 1.99. The molecule has 84 valence electrons. The van der Waals surface area contributed by atoms with Crippen molar-refractivity contribution in [3.8, 4) is 0 Å². The Bertz CT molecular complexity index is 525. The van der Waals surface area contributed by atoms with Crippen molar-refractivity contribution in [3.05, 3.63) is 17.3 Å². The maximum absolute atomic E-state index is 5.73. The largest absolute Gasteiger partial charge is 0.395 e. The third-order valence-corrected chi connectivity index (χ3v) is 3.23. The van der Waals surface area contributed by atoms with Gasteiger partial charge in [0.15, 0.2) is 5.16 Å². The van der Waals surface area contributed by atoms with Gasteiger partial charge >= 0.3 is 0 Å². The van der Waals surface area contributed by atoms with E-state index in [0.717, 1.165) is 5.82 Å². The lowest BCUT2D eigenvalue weighted by atomic mass is 10.6. The predicted molar refractivity (Wildman–Crippen MR) is 61.3 cm³/mol. The predicted octanol–water partition coefficient (Wildman–Crippen LogP) is 1.30. The van der Waals surface area contributed by atoms with E-state index in [4.69, 9.17) is 17.3 Å². The van der Waals surface area contributed by atoms with Gasteiger partial charge in [-0.25, -0.2) is 9.97 Å². The van der Waals surface area contributed by atoms with E-state index in [0.29, 0.717) is 15.9 Å². The van der Waals surface area contributed by atoms with Crippen LogP contribution in [0.3, 0.4) is 0 Å². The van der Waals surface area contributed by atoms with Crippen molar-refractivity contribution < 1.29 is 0 Å². The van der Waals surface area contributed by atoms with E-state index in [1.54, 1.807) is 0 Å². The molecule has 0 radical (unpaired) electrons. The highest BCUT2D eigenvalue weighted by atomic mass is 35.5. The van der Waals surface area contributed by atoms with Crippen LogP contribution in [-0.2, 0) is 7.05 Å². The molecular weight excluding hydrogens is 248 g/mol. The lowest BCUT2D eigenvalue weighted by Crippen LogP contribution is -1.97. The summed E-state index contributed by atoms with van der Waals surface area (Å²) in [6.07, 6.45) is 1.47. The van der Waals surface area contributed by atoms with Gasteiger partial charge in [-0.3, -0.25) is 0 Å². The second kappa shape index (κ2) is 4.26. The molecule has 0 fully saturated rings. The number of nitrogens with two attached hydrogens (primary N) is 1. The molecule has 2 rings (SSSR count). The number of nitrogens with zero attached hydrogens (tertiary/aromatic N) is 5. The summed E-state index contributed by atoms with van der Waals surface area (Å²) in [6, 6.07) is 0. The molecule has 0 spiro atoms.